The Morgan fingerprint density at radius 1 is 1.36 bits per heavy atom. The average Bonchev–Trinajstić information content (AvgIpc) is 3.13. The van der Waals surface area contributed by atoms with E-state index >= 15 is 0 Å². The number of carbonyl (C=O) groups excluding carboxylic acids is 1. The van der Waals surface area contributed by atoms with Gasteiger partial charge in [0.25, 0.3) is 5.91 Å². The molecular formula is C15H14ClN3O3. The van der Waals surface area contributed by atoms with E-state index in [-0.39, 0.29) is 18.1 Å². The third-order valence-electron chi connectivity index (χ3n) is 3.79. The van der Waals surface area contributed by atoms with Crippen LogP contribution in [0.4, 0.5) is 0 Å². The molecule has 0 spiro atoms. The number of nitrogens with zero attached hydrogens (tertiary/aromatic N) is 2. The molecule has 1 aliphatic rings. The molecule has 1 fully saturated rings. The van der Waals surface area contributed by atoms with Crippen molar-refractivity contribution in [2.45, 2.75) is 12.8 Å². The van der Waals surface area contributed by atoms with E-state index in [1.807, 2.05) is 6.07 Å². The van der Waals surface area contributed by atoms with Crippen molar-refractivity contribution in [2.24, 2.45) is 5.41 Å². The van der Waals surface area contributed by atoms with Crippen LogP contribution < -0.4 is 5.32 Å². The number of halogens is 1. The summed E-state index contributed by atoms with van der Waals surface area (Å²) in [6.45, 7) is 0.130. The Bertz CT molecular complexity index is 737. The second-order valence-corrected chi connectivity index (χ2v) is 5.83. The summed E-state index contributed by atoms with van der Waals surface area (Å²) >= 11 is 5.92. The number of aromatic nitrogens is 2. The van der Waals surface area contributed by atoms with Crippen molar-refractivity contribution >= 4 is 23.5 Å². The van der Waals surface area contributed by atoms with Crippen LogP contribution in [0.25, 0.3) is 5.69 Å². The lowest BCUT2D eigenvalue weighted by Crippen LogP contribution is -2.34. The molecule has 2 aromatic rings. The van der Waals surface area contributed by atoms with Crippen molar-refractivity contribution in [2.75, 3.05) is 6.54 Å². The van der Waals surface area contributed by atoms with Crippen molar-refractivity contribution in [3.63, 3.8) is 0 Å². The van der Waals surface area contributed by atoms with Gasteiger partial charge >= 0.3 is 5.97 Å². The summed E-state index contributed by atoms with van der Waals surface area (Å²) in [6, 6.07) is 8.69. The number of benzene rings is 1. The molecule has 0 aliphatic heterocycles. The normalized spacial score (nSPS) is 15.3. The molecule has 1 saturated carbocycles. The second kappa shape index (κ2) is 5.46. The zero-order valence-corrected chi connectivity index (χ0v) is 12.4. The predicted molar refractivity (Wildman–Crippen MR) is 80.2 cm³/mol. The first-order valence-corrected chi connectivity index (χ1v) is 7.21. The molecule has 0 atom stereocenters. The topological polar surface area (TPSA) is 84.2 Å². The van der Waals surface area contributed by atoms with Crippen molar-refractivity contribution in [3.05, 3.63) is 47.2 Å². The minimum Gasteiger partial charge on any atom is -0.481 e. The number of carboxylic acid groups (broad SMARTS) is 1. The smallest absolute Gasteiger partial charge is 0.311 e. The molecule has 1 aromatic heterocycles. The third-order valence-corrected chi connectivity index (χ3v) is 4.02. The quantitative estimate of drug-likeness (QED) is 0.884. The largest absolute Gasteiger partial charge is 0.481 e. The van der Waals surface area contributed by atoms with Crippen LogP contribution >= 0.6 is 11.6 Å². The monoisotopic (exact) mass is 319 g/mol. The summed E-state index contributed by atoms with van der Waals surface area (Å²) in [6.07, 6.45) is 2.85. The van der Waals surface area contributed by atoms with Crippen molar-refractivity contribution < 1.29 is 14.7 Å². The van der Waals surface area contributed by atoms with Gasteiger partial charge in [0.1, 0.15) is 0 Å². The first-order chi connectivity index (χ1) is 10.5. The maximum atomic E-state index is 12.0. The van der Waals surface area contributed by atoms with Gasteiger partial charge in [-0.1, -0.05) is 17.7 Å². The first-order valence-electron chi connectivity index (χ1n) is 6.83. The van der Waals surface area contributed by atoms with Crippen LogP contribution in [0.15, 0.2) is 36.5 Å². The molecular weight excluding hydrogens is 306 g/mol. The van der Waals surface area contributed by atoms with Gasteiger partial charge in [-0.25, -0.2) is 4.68 Å². The second-order valence-electron chi connectivity index (χ2n) is 5.39. The maximum Gasteiger partial charge on any atom is 0.311 e. The van der Waals surface area contributed by atoms with Crippen molar-refractivity contribution in [1.29, 1.82) is 0 Å². The molecule has 2 N–H and O–H groups in total. The van der Waals surface area contributed by atoms with Gasteiger partial charge in [0.05, 0.1) is 11.1 Å². The molecule has 6 nitrogen and oxygen atoms in total. The first kappa shape index (κ1) is 14.6. The van der Waals surface area contributed by atoms with E-state index in [9.17, 15) is 9.59 Å². The van der Waals surface area contributed by atoms with Gasteiger partial charge < -0.3 is 10.4 Å². The van der Waals surface area contributed by atoms with E-state index < -0.39 is 11.4 Å². The molecule has 1 aliphatic carbocycles. The SMILES string of the molecule is O=C(NCC1(C(=O)O)CC1)c1ccn(-c2cccc(Cl)c2)n1. The van der Waals surface area contributed by atoms with Gasteiger partial charge in [0.15, 0.2) is 5.69 Å². The van der Waals surface area contributed by atoms with E-state index in [1.54, 1.807) is 35.1 Å². The number of rotatable bonds is 5. The molecule has 3 rings (SSSR count). The highest BCUT2D eigenvalue weighted by atomic mass is 35.5. The fraction of sp³-hybridized carbons (Fsp3) is 0.267. The van der Waals surface area contributed by atoms with Gasteiger partial charge in [0, 0.05) is 17.8 Å². The molecule has 114 valence electrons. The molecule has 0 saturated heterocycles. The van der Waals surface area contributed by atoms with Crippen LogP contribution in [0.5, 0.6) is 0 Å². The lowest BCUT2D eigenvalue weighted by molar-refractivity contribution is -0.143. The van der Waals surface area contributed by atoms with E-state index in [0.29, 0.717) is 17.9 Å². The number of carbonyl (C=O) groups is 2. The highest BCUT2D eigenvalue weighted by Crippen LogP contribution is 2.45. The molecule has 7 heteroatoms. The van der Waals surface area contributed by atoms with Crippen LogP contribution in [0.2, 0.25) is 5.02 Å². The fourth-order valence-corrected chi connectivity index (χ4v) is 2.35. The van der Waals surface area contributed by atoms with Gasteiger partial charge in [-0.05, 0) is 37.1 Å². The molecule has 1 amide bonds. The average molecular weight is 320 g/mol. The molecule has 1 aromatic carbocycles. The van der Waals surface area contributed by atoms with Crippen molar-refractivity contribution in [1.82, 2.24) is 15.1 Å². The Labute approximate surface area is 131 Å². The van der Waals surface area contributed by atoms with Crippen LogP contribution in [0, 0.1) is 5.41 Å². The predicted octanol–water partition coefficient (Wildman–Crippen LogP) is 2.12. The summed E-state index contributed by atoms with van der Waals surface area (Å²) < 4.78 is 1.55. The highest BCUT2D eigenvalue weighted by Gasteiger charge is 2.50. The number of hydrogen-bond donors (Lipinski definition) is 2. The standard InChI is InChI=1S/C15H14ClN3O3/c16-10-2-1-3-11(8-10)19-7-4-12(18-19)13(20)17-9-15(5-6-15)14(21)22/h1-4,7-8H,5-6,9H2,(H,17,20)(H,21,22). The minimum atomic E-state index is -0.864. The maximum absolute atomic E-state index is 12.0. The van der Waals surface area contributed by atoms with Crippen LogP contribution in [0.3, 0.4) is 0 Å². The van der Waals surface area contributed by atoms with Crippen LogP contribution in [-0.2, 0) is 4.79 Å². The van der Waals surface area contributed by atoms with E-state index in [1.165, 1.54) is 0 Å². The van der Waals surface area contributed by atoms with Gasteiger partial charge in [-0.3, -0.25) is 9.59 Å². The number of amides is 1. The Kier molecular flexibility index (Phi) is 3.62. The molecule has 1 heterocycles. The van der Waals surface area contributed by atoms with Gasteiger partial charge in [-0.2, -0.15) is 5.10 Å². The Morgan fingerprint density at radius 3 is 2.77 bits per heavy atom. The minimum absolute atomic E-state index is 0.130. The summed E-state index contributed by atoms with van der Waals surface area (Å²) in [7, 11) is 0. The van der Waals surface area contributed by atoms with Crippen LogP contribution in [0.1, 0.15) is 23.3 Å². The Hall–Kier alpha value is -2.34. The summed E-state index contributed by atoms with van der Waals surface area (Å²) in [4.78, 5) is 23.1. The number of aliphatic carboxylic acids is 1. The highest BCUT2D eigenvalue weighted by molar-refractivity contribution is 6.30. The lowest BCUT2D eigenvalue weighted by Gasteiger charge is -2.09. The lowest BCUT2D eigenvalue weighted by atomic mass is 10.1. The van der Waals surface area contributed by atoms with Gasteiger partial charge in [-0.15, -0.1) is 0 Å². The van der Waals surface area contributed by atoms with Crippen LogP contribution in [-0.4, -0.2) is 33.3 Å². The van der Waals surface area contributed by atoms with E-state index in [4.69, 9.17) is 16.7 Å². The molecule has 0 radical (unpaired) electrons. The third kappa shape index (κ3) is 2.82. The van der Waals surface area contributed by atoms with Gasteiger partial charge in [0.2, 0.25) is 0 Å². The number of hydrogen-bond acceptors (Lipinski definition) is 3. The number of carboxylic acids is 1. The number of nitrogens with one attached hydrogen (secondary N) is 1. The zero-order valence-electron chi connectivity index (χ0n) is 11.6. The van der Waals surface area contributed by atoms with E-state index in [2.05, 4.69) is 10.4 Å². The Morgan fingerprint density at radius 2 is 2.14 bits per heavy atom. The van der Waals surface area contributed by atoms with E-state index in [0.717, 1.165) is 5.69 Å². The molecule has 0 bridgehead atoms. The summed E-state index contributed by atoms with van der Waals surface area (Å²) in [5.74, 6) is -1.24. The molecule has 0 unspecified atom stereocenters. The fourth-order valence-electron chi connectivity index (χ4n) is 2.16. The summed E-state index contributed by atoms with van der Waals surface area (Å²) in [5.41, 5.74) is 0.197. The Balaban J connectivity index is 1.68. The summed E-state index contributed by atoms with van der Waals surface area (Å²) in [5, 5.41) is 16.5. The molecule has 22 heavy (non-hydrogen) atoms. The van der Waals surface area contributed by atoms with Crippen molar-refractivity contribution in [3.8, 4) is 5.69 Å². The zero-order chi connectivity index (χ0) is 15.7.